The Labute approximate surface area is 118 Å². The molecule has 4 N–H and O–H groups in total. The quantitative estimate of drug-likeness (QED) is 0.892. The summed E-state index contributed by atoms with van der Waals surface area (Å²) in [5.74, 6) is 0. The lowest BCUT2D eigenvalue weighted by molar-refractivity contribution is 0.499. The van der Waals surface area contributed by atoms with Crippen molar-refractivity contribution in [1.29, 1.82) is 0 Å². The van der Waals surface area contributed by atoms with Crippen LogP contribution in [-0.2, 0) is 5.54 Å². The zero-order valence-electron chi connectivity index (χ0n) is 11.5. The Morgan fingerprint density at radius 2 is 1.83 bits per heavy atom. The summed E-state index contributed by atoms with van der Waals surface area (Å²) in [6, 6.07) is 4.32. The van der Waals surface area contributed by atoms with Crippen molar-refractivity contribution in [2.45, 2.75) is 50.4 Å². The monoisotopic (exact) mass is 282 g/mol. The van der Waals surface area contributed by atoms with Gasteiger partial charge in [-0.3, -0.25) is 0 Å². The first-order chi connectivity index (χ1) is 8.18. The van der Waals surface area contributed by atoms with Crippen LogP contribution in [0.1, 0.15) is 43.9 Å². The molecule has 4 heteroatoms. The first-order valence-electron chi connectivity index (χ1n) is 6.23. The predicted molar refractivity (Wildman–Crippen MR) is 83.8 cm³/mol. The van der Waals surface area contributed by atoms with Gasteiger partial charge in [-0.25, -0.2) is 0 Å². The van der Waals surface area contributed by atoms with Gasteiger partial charge in [-0.05, 0) is 46.2 Å². The Hall–Kier alpha value is -0.290. The minimum atomic E-state index is -0.251. The zero-order valence-corrected chi connectivity index (χ0v) is 13.1. The molecule has 0 aliphatic carbocycles. The molecule has 0 fully saturated rings. The van der Waals surface area contributed by atoms with Crippen LogP contribution in [0.3, 0.4) is 0 Å². The van der Waals surface area contributed by atoms with Gasteiger partial charge in [-0.15, -0.1) is 23.1 Å². The van der Waals surface area contributed by atoms with E-state index in [0.717, 1.165) is 6.42 Å². The minimum Gasteiger partial charge on any atom is -0.325 e. The normalized spacial score (nSPS) is 21.2. The van der Waals surface area contributed by atoms with Crippen LogP contribution in [0, 0.1) is 0 Å². The molecule has 0 radical (unpaired) electrons. The molecule has 2 nitrogen and oxygen atoms in total. The molecule has 1 unspecified atom stereocenters. The summed E-state index contributed by atoms with van der Waals surface area (Å²) in [5, 5.41) is 0.476. The number of nitrogens with two attached hydrogens (primary N) is 2. The highest BCUT2D eigenvalue weighted by molar-refractivity contribution is 8.09. The van der Waals surface area contributed by atoms with E-state index in [1.54, 1.807) is 11.3 Å². The summed E-state index contributed by atoms with van der Waals surface area (Å²) >= 11 is 3.70. The Kier molecular flexibility index (Phi) is 3.67. The van der Waals surface area contributed by atoms with Crippen molar-refractivity contribution >= 4 is 28.0 Å². The lowest BCUT2D eigenvalue weighted by Crippen LogP contribution is -2.41. The van der Waals surface area contributed by atoms with Crippen molar-refractivity contribution in [3.05, 3.63) is 28.0 Å². The summed E-state index contributed by atoms with van der Waals surface area (Å²) in [7, 11) is 0. The third-order valence-electron chi connectivity index (χ3n) is 3.10. The Morgan fingerprint density at radius 3 is 2.28 bits per heavy atom. The van der Waals surface area contributed by atoms with Crippen LogP contribution in [0.15, 0.2) is 18.2 Å². The smallest absolute Gasteiger partial charge is 0.0446 e. The number of thiophene rings is 1. The van der Waals surface area contributed by atoms with Crippen molar-refractivity contribution in [2.75, 3.05) is 0 Å². The molecule has 1 aromatic heterocycles. The lowest BCUT2D eigenvalue weighted by atomic mass is 9.99. The van der Waals surface area contributed by atoms with Gasteiger partial charge in [-0.1, -0.05) is 6.08 Å². The van der Waals surface area contributed by atoms with Gasteiger partial charge in [0.25, 0.3) is 0 Å². The molecule has 1 aromatic rings. The molecule has 0 aromatic carbocycles. The molecule has 1 aliphatic heterocycles. The standard InChI is InChI=1S/C14H22N2S2/c1-13(2,15)11-7-5-9(17-11)10-6-8-12(18-10)14(3,4)16/h5-7,12H,8,15-16H2,1-4H3. The lowest BCUT2D eigenvalue weighted by Gasteiger charge is -2.26. The van der Waals surface area contributed by atoms with Gasteiger partial charge in [0, 0.05) is 31.0 Å². The maximum Gasteiger partial charge on any atom is 0.0446 e. The summed E-state index contributed by atoms with van der Waals surface area (Å²) in [6.45, 7) is 8.30. The van der Waals surface area contributed by atoms with E-state index in [-0.39, 0.29) is 11.1 Å². The first-order valence-corrected chi connectivity index (χ1v) is 7.93. The van der Waals surface area contributed by atoms with Crippen molar-refractivity contribution in [2.24, 2.45) is 11.5 Å². The average molecular weight is 282 g/mol. The zero-order chi connectivity index (χ0) is 13.6. The van der Waals surface area contributed by atoms with E-state index in [0.29, 0.717) is 5.25 Å². The van der Waals surface area contributed by atoms with Crippen LogP contribution < -0.4 is 11.5 Å². The maximum atomic E-state index is 6.18. The van der Waals surface area contributed by atoms with Crippen LogP contribution >= 0.6 is 23.1 Å². The van der Waals surface area contributed by atoms with E-state index < -0.39 is 0 Å². The molecule has 0 spiro atoms. The van der Waals surface area contributed by atoms with Crippen LogP contribution in [0.4, 0.5) is 0 Å². The maximum absolute atomic E-state index is 6.18. The number of hydrogen-bond acceptors (Lipinski definition) is 4. The highest BCUT2D eigenvalue weighted by Gasteiger charge is 2.31. The van der Waals surface area contributed by atoms with E-state index in [9.17, 15) is 0 Å². The van der Waals surface area contributed by atoms with Gasteiger partial charge < -0.3 is 11.5 Å². The Morgan fingerprint density at radius 1 is 1.17 bits per heavy atom. The fourth-order valence-electron chi connectivity index (χ4n) is 1.89. The largest absolute Gasteiger partial charge is 0.325 e. The molecule has 0 saturated heterocycles. The Balaban J connectivity index is 2.13. The molecule has 1 atom stereocenters. The molecular formula is C14H22N2S2. The second kappa shape index (κ2) is 4.67. The summed E-state index contributed by atoms with van der Waals surface area (Å²) in [6.07, 6.45) is 3.37. The number of rotatable bonds is 3. The van der Waals surface area contributed by atoms with Crippen molar-refractivity contribution in [1.82, 2.24) is 0 Å². The number of hydrogen-bond donors (Lipinski definition) is 2. The molecule has 2 heterocycles. The van der Waals surface area contributed by atoms with Gasteiger partial charge in [-0.2, -0.15) is 0 Å². The van der Waals surface area contributed by atoms with E-state index >= 15 is 0 Å². The summed E-state index contributed by atoms with van der Waals surface area (Å²) in [5.41, 5.74) is 11.9. The van der Waals surface area contributed by atoms with Crippen LogP contribution in [-0.4, -0.2) is 10.8 Å². The SMILES string of the molecule is CC(C)(N)c1ccc(C2=CCC(C(C)(C)N)S2)s1. The average Bonchev–Trinajstić information content (AvgIpc) is 2.84. The van der Waals surface area contributed by atoms with Crippen molar-refractivity contribution in [3.63, 3.8) is 0 Å². The van der Waals surface area contributed by atoms with Crippen molar-refractivity contribution in [3.8, 4) is 0 Å². The second-order valence-electron chi connectivity index (χ2n) is 6.12. The predicted octanol–water partition coefficient (Wildman–Crippen LogP) is 3.53. The highest BCUT2D eigenvalue weighted by Crippen LogP contribution is 2.45. The highest BCUT2D eigenvalue weighted by atomic mass is 32.2. The van der Waals surface area contributed by atoms with Gasteiger partial charge in [0.2, 0.25) is 0 Å². The molecule has 1 aliphatic rings. The third kappa shape index (κ3) is 2.99. The van der Waals surface area contributed by atoms with Gasteiger partial charge in [0.15, 0.2) is 0 Å². The molecule has 2 rings (SSSR count). The third-order valence-corrected chi connectivity index (χ3v) is 6.41. The second-order valence-corrected chi connectivity index (χ2v) is 8.45. The fraction of sp³-hybridized carbons (Fsp3) is 0.571. The minimum absolute atomic E-state index is 0.129. The summed E-state index contributed by atoms with van der Waals surface area (Å²) < 4.78 is 0. The fourth-order valence-corrected chi connectivity index (χ4v) is 4.30. The molecule has 0 bridgehead atoms. The Bertz CT molecular complexity index is 461. The molecule has 0 saturated carbocycles. The van der Waals surface area contributed by atoms with E-state index in [1.165, 1.54) is 14.7 Å². The molecular weight excluding hydrogens is 260 g/mol. The van der Waals surface area contributed by atoms with Crippen LogP contribution in [0.25, 0.3) is 4.91 Å². The molecule has 100 valence electrons. The van der Waals surface area contributed by atoms with Gasteiger partial charge in [0.05, 0.1) is 0 Å². The van der Waals surface area contributed by atoms with Crippen LogP contribution in [0.5, 0.6) is 0 Å². The van der Waals surface area contributed by atoms with E-state index in [2.05, 4.69) is 32.1 Å². The van der Waals surface area contributed by atoms with Crippen LogP contribution in [0.2, 0.25) is 0 Å². The van der Waals surface area contributed by atoms with Crippen molar-refractivity contribution < 1.29 is 0 Å². The topological polar surface area (TPSA) is 52.0 Å². The van der Waals surface area contributed by atoms with E-state index in [4.69, 9.17) is 11.5 Å². The first kappa shape index (κ1) is 14.1. The van der Waals surface area contributed by atoms with Gasteiger partial charge >= 0.3 is 0 Å². The molecule has 0 amide bonds. The number of allylic oxidation sites excluding steroid dienone is 1. The summed E-state index contributed by atoms with van der Waals surface area (Å²) in [4.78, 5) is 3.91. The van der Waals surface area contributed by atoms with E-state index in [1.807, 2.05) is 25.6 Å². The number of thioether (sulfide) groups is 1. The van der Waals surface area contributed by atoms with Gasteiger partial charge in [0.1, 0.15) is 0 Å². The molecule has 18 heavy (non-hydrogen) atoms.